The summed E-state index contributed by atoms with van der Waals surface area (Å²) in [5.74, 6) is 0.865. The van der Waals surface area contributed by atoms with E-state index in [-0.39, 0.29) is 0 Å². The molecule has 1 aromatic rings. The lowest BCUT2D eigenvalue weighted by atomic mass is 10.1. The highest BCUT2D eigenvalue weighted by Crippen LogP contribution is 2.13. The molecule has 3 heteroatoms. The Kier molecular flexibility index (Phi) is 4.36. The van der Waals surface area contributed by atoms with Crippen molar-refractivity contribution in [2.24, 2.45) is 0 Å². The second-order valence-electron chi connectivity index (χ2n) is 2.89. The van der Waals surface area contributed by atoms with Crippen molar-refractivity contribution in [3.05, 3.63) is 29.8 Å². The van der Waals surface area contributed by atoms with Gasteiger partial charge in [0, 0.05) is 0 Å². The maximum Gasteiger partial charge on any atom is 0.286 e. The van der Waals surface area contributed by atoms with E-state index in [0.717, 1.165) is 18.6 Å². The van der Waals surface area contributed by atoms with Crippen molar-refractivity contribution in [1.29, 1.82) is 5.26 Å². The first kappa shape index (κ1) is 10.4. The fourth-order valence-corrected chi connectivity index (χ4v) is 1.22. The van der Waals surface area contributed by atoms with E-state index in [1.54, 1.807) is 13.4 Å². The van der Waals surface area contributed by atoms with Gasteiger partial charge in [-0.3, -0.25) is 0 Å². The Morgan fingerprint density at radius 2 is 2.29 bits per heavy atom. The van der Waals surface area contributed by atoms with Gasteiger partial charge in [-0.25, -0.2) is 0 Å². The maximum absolute atomic E-state index is 8.15. The molecule has 0 spiro atoms. The summed E-state index contributed by atoms with van der Waals surface area (Å²) in [6.07, 6.45) is 3.40. The van der Waals surface area contributed by atoms with E-state index in [2.05, 4.69) is 4.74 Å². The van der Waals surface area contributed by atoms with Crippen molar-refractivity contribution >= 4 is 0 Å². The third-order valence-corrected chi connectivity index (χ3v) is 1.91. The Labute approximate surface area is 83.9 Å². The molecule has 1 rings (SSSR count). The Morgan fingerprint density at radius 3 is 3.00 bits per heavy atom. The Hall–Kier alpha value is -1.69. The van der Waals surface area contributed by atoms with Crippen LogP contribution in [0.3, 0.4) is 0 Å². The van der Waals surface area contributed by atoms with E-state index in [1.165, 1.54) is 5.56 Å². The molecule has 0 saturated carbocycles. The number of ether oxygens (including phenoxy) is 2. The van der Waals surface area contributed by atoms with Gasteiger partial charge in [0.15, 0.2) is 0 Å². The Morgan fingerprint density at radius 1 is 1.43 bits per heavy atom. The predicted octanol–water partition coefficient (Wildman–Crippen LogP) is 2.13. The monoisotopic (exact) mass is 191 g/mol. The Balaban J connectivity index is 2.39. The molecule has 74 valence electrons. The summed E-state index contributed by atoms with van der Waals surface area (Å²) in [5, 5.41) is 8.15. The van der Waals surface area contributed by atoms with Crippen molar-refractivity contribution in [1.82, 2.24) is 0 Å². The molecular weight excluding hydrogens is 178 g/mol. The second-order valence-corrected chi connectivity index (χ2v) is 2.89. The van der Waals surface area contributed by atoms with Crippen molar-refractivity contribution in [3.8, 4) is 12.0 Å². The van der Waals surface area contributed by atoms with Gasteiger partial charge < -0.3 is 9.47 Å². The zero-order valence-electron chi connectivity index (χ0n) is 8.19. The zero-order valence-corrected chi connectivity index (χ0v) is 8.19. The number of benzene rings is 1. The van der Waals surface area contributed by atoms with Crippen LogP contribution in [0.2, 0.25) is 0 Å². The fraction of sp³-hybridized carbons (Fsp3) is 0.364. The van der Waals surface area contributed by atoms with Gasteiger partial charge in [0.25, 0.3) is 6.26 Å². The minimum atomic E-state index is 0.480. The van der Waals surface area contributed by atoms with Crippen molar-refractivity contribution in [3.63, 3.8) is 0 Å². The summed E-state index contributed by atoms with van der Waals surface area (Å²) in [5.41, 5.74) is 1.20. The molecular formula is C11H13NO2. The number of methoxy groups -OCH3 is 1. The lowest BCUT2D eigenvalue weighted by Crippen LogP contribution is -1.92. The van der Waals surface area contributed by atoms with Gasteiger partial charge in [0.1, 0.15) is 12.4 Å². The molecule has 0 aromatic heterocycles. The first-order valence-corrected chi connectivity index (χ1v) is 4.50. The van der Waals surface area contributed by atoms with Crippen LogP contribution in [0.25, 0.3) is 0 Å². The highest BCUT2D eigenvalue weighted by Gasteiger charge is 1.95. The molecule has 0 bridgehead atoms. The van der Waals surface area contributed by atoms with Crippen LogP contribution in [-0.2, 0) is 11.2 Å². The standard InChI is InChI=1S/C11H13NO2/c1-13-11-6-2-4-10(8-11)5-3-7-14-9-12/h2,4,6,8H,3,5,7H2,1H3. The van der Waals surface area contributed by atoms with Crippen LogP contribution in [0.4, 0.5) is 0 Å². The summed E-state index contributed by atoms with van der Waals surface area (Å²) in [7, 11) is 1.65. The van der Waals surface area contributed by atoms with Gasteiger partial charge >= 0.3 is 0 Å². The van der Waals surface area contributed by atoms with E-state index >= 15 is 0 Å². The average molecular weight is 191 g/mol. The van der Waals surface area contributed by atoms with Gasteiger partial charge in [-0.15, -0.1) is 0 Å². The normalized spacial score (nSPS) is 9.14. The number of nitrogens with zero attached hydrogens (tertiary/aromatic N) is 1. The third kappa shape index (κ3) is 3.36. The predicted molar refractivity (Wildman–Crippen MR) is 52.9 cm³/mol. The molecule has 3 nitrogen and oxygen atoms in total. The molecule has 0 saturated heterocycles. The minimum absolute atomic E-state index is 0.480. The van der Waals surface area contributed by atoms with Crippen LogP contribution >= 0.6 is 0 Å². The van der Waals surface area contributed by atoms with Gasteiger partial charge in [0.2, 0.25) is 0 Å². The first-order valence-electron chi connectivity index (χ1n) is 4.50. The highest BCUT2D eigenvalue weighted by molar-refractivity contribution is 5.28. The van der Waals surface area contributed by atoms with Crippen LogP contribution in [0.5, 0.6) is 5.75 Å². The van der Waals surface area contributed by atoms with Crippen molar-refractivity contribution in [2.75, 3.05) is 13.7 Å². The van der Waals surface area contributed by atoms with E-state index in [4.69, 9.17) is 10.00 Å². The molecule has 0 heterocycles. The van der Waals surface area contributed by atoms with Crippen LogP contribution in [0.1, 0.15) is 12.0 Å². The molecule has 14 heavy (non-hydrogen) atoms. The number of hydrogen-bond donors (Lipinski definition) is 0. The summed E-state index contributed by atoms with van der Waals surface area (Å²) in [6, 6.07) is 7.90. The number of hydrogen-bond acceptors (Lipinski definition) is 3. The first-order chi connectivity index (χ1) is 6.86. The second kappa shape index (κ2) is 5.87. The number of aryl methyl sites for hydroxylation is 1. The Bertz CT molecular complexity index is 317. The topological polar surface area (TPSA) is 42.2 Å². The molecule has 1 aromatic carbocycles. The van der Waals surface area contributed by atoms with E-state index in [1.807, 2.05) is 24.3 Å². The number of rotatable bonds is 5. The molecule has 0 aliphatic carbocycles. The molecule has 0 radical (unpaired) electrons. The molecule has 0 aliphatic rings. The SMILES string of the molecule is COc1cccc(CCCOC#N)c1. The van der Waals surface area contributed by atoms with Crippen LogP contribution in [0, 0.1) is 11.5 Å². The molecule has 0 amide bonds. The van der Waals surface area contributed by atoms with Gasteiger partial charge in [-0.05, 0) is 30.5 Å². The smallest absolute Gasteiger partial charge is 0.286 e. The van der Waals surface area contributed by atoms with E-state index < -0.39 is 0 Å². The molecule has 0 fully saturated rings. The fourth-order valence-electron chi connectivity index (χ4n) is 1.22. The quantitative estimate of drug-likeness (QED) is 0.529. The van der Waals surface area contributed by atoms with Crippen LogP contribution in [0.15, 0.2) is 24.3 Å². The lowest BCUT2D eigenvalue weighted by molar-refractivity contribution is 0.265. The molecule has 0 atom stereocenters. The van der Waals surface area contributed by atoms with Gasteiger partial charge in [-0.1, -0.05) is 12.1 Å². The molecule has 0 N–H and O–H groups in total. The van der Waals surface area contributed by atoms with Crippen molar-refractivity contribution in [2.45, 2.75) is 12.8 Å². The average Bonchev–Trinajstić information content (AvgIpc) is 2.25. The highest BCUT2D eigenvalue weighted by atomic mass is 16.5. The van der Waals surface area contributed by atoms with Gasteiger partial charge in [0.05, 0.1) is 7.11 Å². The van der Waals surface area contributed by atoms with Crippen molar-refractivity contribution < 1.29 is 9.47 Å². The van der Waals surface area contributed by atoms with Crippen LogP contribution < -0.4 is 4.74 Å². The summed E-state index contributed by atoms with van der Waals surface area (Å²) < 4.78 is 9.68. The summed E-state index contributed by atoms with van der Waals surface area (Å²) in [4.78, 5) is 0. The molecule has 0 unspecified atom stereocenters. The molecule has 0 aliphatic heterocycles. The van der Waals surface area contributed by atoms with E-state index in [0.29, 0.717) is 6.61 Å². The van der Waals surface area contributed by atoms with E-state index in [9.17, 15) is 0 Å². The maximum atomic E-state index is 8.15. The van der Waals surface area contributed by atoms with Gasteiger partial charge in [-0.2, -0.15) is 5.26 Å². The third-order valence-electron chi connectivity index (χ3n) is 1.91. The van der Waals surface area contributed by atoms with Crippen LogP contribution in [-0.4, -0.2) is 13.7 Å². The summed E-state index contributed by atoms with van der Waals surface area (Å²) >= 11 is 0. The lowest BCUT2D eigenvalue weighted by Gasteiger charge is -2.03. The zero-order chi connectivity index (χ0) is 10.2. The number of nitriles is 1. The summed E-state index contributed by atoms with van der Waals surface area (Å²) in [6.45, 7) is 0.480. The largest absolute Gasteiger partial charge is 0.497 e. The minimum Gasteiger partial charge on any atom is -0.497 e.